The summed E-state index contributed by atoms with van der Waals surface area (Å²) in [5, 5.41) is 7.51. The Kier molecular flexibility index (Phi) is 3.70. The van der Waals surface area contributed by atoms with Gasteiger partial charge in [-0.15, -0.1) is 0 Å². The van der Waals surface area contributed by atoms with E-state index in [4.69, 9.17) is 0 Å². The SMILES string of the molecule is Cc1ccc(-c2cn[nH]c2C2CCCN(C(=O)C3(C)CC3)C2)cc1. The lowest BCUT2D eigenvalue weighted by Gasteiger charge is -2.34. The van der Waals surface area contributed by atoms with Crippen LogP contribution >= 0.6 is 0 Å². The van der Waals surface area contributed by atoms with Crippen molar-refractivity contribution in [2.75, 3.05) is 13.1 Å². The predicted molar refractivity (Wildman–Crippen MR) is 94.7 cm³/mol. The Morgan fingerprint density at radius 2 is 2.04 bits per heavy atom. The molecule has 2 aromatic rings. The Bertz CT molecular complexity index is 742. The smallest absolute Gasteiger partial charge is 0.228 e. The summed E-state index contributed by atoms with van der Waals surface area (Å²) in [7, 11) is 0. The third kappa shape index (κ3) is 2.74. The molecule has 1 aliphatic carbocycles. The third-order valence-electron chi connectivity index (χ3n) is 5.66. The summed E-state index contributed by atoms with van der Waals surface area (Å²) in [4.78, 5) is 14.8. The maximum Gasteiger partial charge on any atom is 0.228 e. The van der Waals surface area contributed by atoms with Crippen molar-refractivity contribution in [2.24, 2.45) is 5.41 Å². The average Bonchev–Trinajstić information content (AvgIpc) is 3.17. The summed E-state index contributed by atoms with van der Waals surface area (Å²) in [5.74, 6) is 0.701. The number of H-pyrrole nitrogens is 1. The molecular weight excluding hydrogens is 298 g/mol. The number of hydrogen-bond acceptors (Lipinski definition) is 2. The Morgan fingerprint density at radius 3 is 2.75 bits per heavy atom. The highest BCUT2D eigenvalue weighted by atomic mass is 16.2. The minimum Gasteiger partial charge on any atom is -0.342 e. The number of carbonyl (C=O) groups excluding carboxylic acids is 1. The number of rotatable bonds is 3. The number of piperidine rings is 1. The van der Waals surface area contributed by atoms with Gasteiger partial charge in [-0.1, -0.05) is 36.8 Å². The lowest BCUT2D eigenvalue weighted by atomic mass is 9.89. The van der Waals surface area contributed by atoms with Gasteiger partial charge in [0.05, 0.1) is 6.20 Å². The number of carbonyl (C=O) groups is 1. The van der Waals surface area contributed by atoms with E-state index in [1.165, 1.54) is 22.4 Å². The first-order chi connectivity index (χ1) is 11.6. The average molecular weight is 323 g/mol. The Hall–Kier alpha value is -2.10. The molecule has 2 heterocycles. The van der Waals surface area contributed by atoms with Gasteiger partial charge in [0.15, 0.2) is 0 Å². The second-order valence-electron chi connectivity index (χ2n) is 7.71. The van der Waals surface area contributed by atoms with E-state index in [1.54, 1.807) is 0 Å². The van der Waals surface area contributed by atoms with E-state index in [9.17, 15) is 4.79 Å². The number of hydrogen-bond donors (Lipinski definition) is 1. The molecule has 1 amide bonds. The third-order valence-corrected chi connectivity index (χ3v) is 5.66. The number of nitrogens with zero attached hydrogens (tertiary/aromatic N) is 2. The molecule has 1 N–H and O–H groups in total. The van der Waals surface area contributed by atoms with Crippen molar-refractivity contribution in [1.29, 1.82) is 0 Å². The molecule has 1 aromatic carbocycles. The standard InChI is InChI=1S/C20H25N3O/c1-14-5-7-15(8-6-14)17-12-21-22-18(17)16-4-3-11-23(13-16)19(24)20(2)9-10-20/h5-8,12,16H,3-4,9-11,13H2,1-2H3,(H,21,22). The molecule has 2 fully saturated rings. The number of nitrogens with one attached hydrogen (secondary N) is 1. The monoisotopic (exact) mass is 323 g/mol. The zero-order valence-electron chi connectivity index (χ0n) is 14.5. The van der Waals surface area contributed by atoms with Crippen molar-refractivity contribution < 1.29 is 4.79 Å². The summed E-state index contributed by atoms with van der Waals surface area (Å²) < 4.78 is 0. The first kappa shape index (κ1) is 15.4. The van der Waals surface area contributed by atoms with E-state index in [0.717, 1.165) is 38.8 Å². The van der Waals surface area contributed by atoms with Gasteiger partial charge >= 0.3 is 0 Å². The molecule has 0 bridgehead atoms. The summed E-state index contributed by atoms with van der Waals surface area (Å²) in [6.07, 6.45) is 6.20. The van der Waals surface area contributed by atoms with Crippen molar-refractivity contribution in [1.82, 2.24) is 15.1 Å². The number of aryl methyl sites for hydroxylation is 1. The zero-order valence-corrected chi connectivity index (χ0v) is 14.5. The van der Waals surface area contributed by atoms with Gasteiger partial charge in [0, 0.05) is 35.7 Å². The van der Waals surface area contributed by atoms with Gasteiger partial charge in [-0.05, 0) is 38.2 Å². The second kappa shape index (κ2) is 5.76. The van der Waals surface area contributed by atoms with E-state index < -0.39 is 0 Å². The molecule has 1 unspecified atom stereocenters. The van der Waals surface area contributed by atoms with Crippen molar-refractivity contribution in [3.63, 3.8) is 0 Å². The largest absolute Gasteiger partial charge is 0.342 e. The minimum absolute atomic E-state index is 0.0737. The van der Waals surface area contributed by atoms with Crippen LogP contribution in [0.2, 0.25) is 0 Å². The van der Waals surface area contributed by atoms with Gasteiger partial charge in [-0.2, -0.15) is 5.10 Å². The van der Waals surface area contributed by atoms with Crippen LogP contribution in [0.3, 0.4) is 0 Å². The highest BCUT2D eigenvalue weighted by Gasteiger charge is 2.47. The van der Waals surface area contributed by atoms with Crippen LogP contribution in [0, 0.1) is 12.3 Å². The van der Waals surface area contributed by atoms with Gasteiger partial charge in [0.2, 0.25) is 5.91 Å². The van der Waals surface area contributed by atoms with E-state index in [0.29, 0.717) is 11.8 Å². The highest BCUT2D eigenvalue weighted by molar-refractivity contribution is 5.85. The summed E-state index contributed by atoms with van der Waals surface area (Å²) in [6, 6.07) is 8.58. The Balaban J connectivity index is 1.57. The second-order valence-corrected chi connectivity index (χ2v) is 7.71. The molecule has 1 atom stereocenters. The minimum atomic E-state index is -0.0737. The first-order valence-corrected chi connectivity index (χ1v) is 8.96. The fraction of sp³-hybridized carbons (Fsp3) is 0.500. The first-order valence-electron chi connectivity index (χ1n) is 8.96. The maximum absolute atomic E-state index is 12.7. The van der Waals surface area contributed by atoms with Crippen LogP contribution in [0.5, 0.6) is 0 Å². The summed E-state index contributed by atoms with van der Waals surface area (Å²) in [6.45, 7) is 5.92. The molecule has 1 saturated heterocycles. The van der Waals surface area contributed by atoms with Gasteiger partial charge in [0.1, 0.15) is 0 Å². The van der Waals surface area contributed by atoms with Crippen molar-refractivity contribution >= 4 is 5.91 Å². The molecule has 1 aromatic heterocycles. The molecule has 1 aliphatic heterocycles. The topological polar surface area (TPSA) is 49.0 Å². The van der Waals surface area contributed by atoms with Crippen molar-refractivity contribution in [3.05, 3.63) is 41.7 Å². The Labute approximate surface area is 143 Å². The number of aromatic amines is 1. The van der Waals surface area contributed by atoms with Crippen LogP contribution in [0.1, 0.15) is 49.8 Å². The lowest BCUT2D eigenvalue weighted by molar-refractivity contribution is -0.137. The fourth-order valence-corrected chi connectivity index (χ4v) is 3.75. The molecule has 4 heteroatoms. The molecule has 0 spiro atoms. The van der Waals surface area contributed by atoms with Gasteiger partial charge in [-0.25, -0.2) is 0 Å². The van der Waals surface area contributed by atoms with Crippen LogP contribution in [0.4, 0.5) is 0 Å². The van der Waals surface area contributed by atoms with Crippen molar-refractivity contribution in [2.45, 2.75) is 45.4 Å². The molecule has 0 radical (unpaired) electrons. The van der Waals surface area contributed by atoms with Gasteiger partial charge in [0.25, 0.3) is 0 Å². The molecular formula is C20H25N3O. The van der Waals surface area contributed by atoms with Crippen molar-refractivity contribution in [3.8, 4) is 11.1 Å². The molecule has 4 rings (SSSR count). The highest BCUT2D eigenvalue weighted by Crippen LogP contribution is 2.47. The van der Waals surface area contributed by atoms with E-state index in [-0.39, 0.29) is 5.41 Å². The van der Waals surface area contributed by atoms with Crippen LogP contribution < -0.4 is 0 Å². The van der Waals surface area contributed by atoms with Crippen LogP contribution in [-0.2, 0) is 4.79 Å². The lowest BCUT2D eigenvalue weighted by Crippen LogP contribution is -2.42. The zero-order chi connectivity index (χ0) is 16.7. The molecule has 24 heavy (non-hydrogen) atoms. The number of likely N-dealkylation sites (tertiary alicyclic amines) is 1. The summed E-state index contributed by atoms with van der Waals surface area (Å²) >= 11 is 0. The molecule has 1 saturated carbocycles. The quantitative estimate of drug-likeness (QED) is 0.931. The Morgan fingerprint density at radius 1 is 1.29 bits per heavy atom. The van der Waals surface area contributed by atoms with Crippen LogP contribution in [-0.4, -0.2) is 34.1 Å². The van der Waals surface area contributed by atoms with Gasteiger partial charge in [-0.3, -0.25) is 9.89 Å². The maximum atomic E-state index is 12.7. The molecule has 4 nitrogen and oxygen atoms in total. The normalized spacial score (nSPS) is 22.4. The predicted octanol–water partition coefficient (Wildman–Crippen LogP) is 3.89. The van der Waals surface area contributed by atoms with E-state index in [2.05, 4.69) is 53.2 Å². The molecule has 2 aliphatic rings. The van der Waals surface area contributed by atoms with Crippen LogP contribution in [0.25, 0.3) is 11.1 Å². The van der Waals surface area contributed by atoms with E-state index in [1.807, 2.05) is 6.20 Å². The van der Waals surface area contributed by atoms with Crippen LogP contribution in [0.15, 0.2) is 30.5 Å². The molecule has 126 valence electrons. The summed E-state index contributed by atoms with van der Waals surface area (Å²) in [5.41, 5.74) is 4.73. The number of benzene rings is 1. The van der Waals surface area contributed by atoms with Gasteiger partial charge < -0.3 is 4.90 Å². The number of amides is 1. The van der Waals surface area contributed by atoms with E-state index >= 15 is 0 Å². The number of aromatic nitrogens is 2. The fourth-order valence-electron chi connectivity index (χ4n) is 3.75.